The van der Waals surface area contributed by atoms with Crippen molar-refractivity contribution in [2.45, 2.75) is 25.8 Å². The van der Waals surface area contributed by atoms with Crippen molar-refractivity contribution in [3.63, 3.8) is 0 Å². The van der Waals surface area contributed by atoms with Gasteiger partial charge in [0.2, 0.25) is 0 Å². The molecule has 1 aromatic heterocycles. The minimum atomic E-state index is 0.269. The molecule has 130 valence electrons. The van der Waals surface area contributed by atoms with Gasteiger partial charge in [-0.25, -0.2) is 0 Å². The molecule has 0 aliphatic carbocycles. The molecule has 0 saturated carbocycles. The van der Waals surface area contributed by atoms with Crippen molar-refractivity contribution in [2.24, 2.45) is 0 Å². The van der Waals surface area contributed by atoms with Crippen LogP contribution in [-0.2, 0) is 6.42 Å². The second-order valence-corrected chi connectivity index (χ2v) is 6.57. The number of fused-ring (bicyclic) bond motifs is 3. The summed E-state index contributed by atoms with van der Waals surface area (Å²) in [5.41, 5.74) is 5.24. The zero-order valence-corrected chi connectivity index (χ0v) is 14.8. The molecule has 1 atom stereocenters. The fourth-order valence-corrected chi connectivity index (χ4v) is 3.78. The molecule has 0 saturated heterocycles. The Bertz CT molecular complexity index is 885. The highest BCUT2D eigenvalue weighted by atomic mass is 16.5. The summed E-state index contributed by atoms with van der Waals surface area (Å²) in [6.07, 6.45) is 2.09. The highest BCUT2D eigenvalue weighted by molar-refractivity contribution is 5.85. The van der Waals surface area contributed by atoms with E-state index in [-0.39, 0.29) is 6.04 Å². The number of nitrogens with two attached hydrogens (primary N) is 1. The third-order valence-corrected chi connectivity index (χ3v) is 4.96. The number of ether oxygens (including phenoxy) is 2. The average Bonchev–Trinajstić information content (AvgIpc) is 3.05. The lowest BCUT2D eigenvalue weighted by molar-refractivity contribution is -0.690. The number of methoxy groups -OCH3 is 1. The molecule has 4 nitrogen and oxygen atoms in total. The quantitative estimate of drug-likeness (QED) is 0.751. The number of hydrogen-bond donors (Lipinski definition) is 2. The maximum absolute atomic E-state index is 5.79. The fourth-order valence-electron chi connectivity index (χ4n) is 3.78. The maximum Gasteiger partial charge on any atom is 0.161 e. The summed E-state index contributed by atoms with van der Waals surface area (Å²) >= 11 is 0. The second kappa shape index (κ2) is 6.81. The number of para-hydroxylation sites is 1. The lowest BCUT2D eigenvalue weighted by Gasteiger charge is -2.22. The number of aromatic amines is 1. The van der Waals surface area contributed by atoms with Gasteiger partial charge in [-0.3, -0.25) is 0 Å². The minimum absolute atomic E-state index is 0.269. The molecule has 25 heavy (non-hydrogen) atoms. The monoisotopic (exact) mass is 337 g/mol. The highest BCUT2D eigenvalue weighted by Crippen LogP contribution is 2.34. The number of H-pyrrole nitrogens is 1. The van der Waals surface area contributed by atoms with Gasteiger partial charge < -0.3 is 19.8 Å². The van der Waals surface area contributed by atoms with Crippen molar-refractivity contribution in [1.29, 1.82) is 0 Å². The Morgan fingerprint density at radius 2 is 2.04 bits per heavy atom. The van der Waals surface area contributed by atoms with Crippen LogP contribution in [0.15, 0.2) is 42.5 Å². The van der Waals surface area contributed by atoms with Crippen molar-refractivity contribution >= 4 is 10.9 Å². The number of aromatic nitrogens is 1. The number of benzene rings is 2. The number of hydrogen-bond acceptors (Lipinski definition) is 2. The topological polar surface area (TPSA) is 50.9 Å². The molecule has 0 amide bonds. The third kappa shape index (κ3) is 2.87. The van der Waals surface area contributed by atoms with Crippen molar-refractivity contribution in [1.82, 2.24) is 4.98 Å². The van der Waals surface area contributed by atoms with Gasteiger partial charge in [-0.15, -0.1) is 0 Å². The zero-order valence-electron chi connectivity index (χ0n) is 14.8. The molecule has 0 unspecified atom stereocenters. The molecule has 0 bridgehead atoms. The Labute approximate surface area is 148 Å². The van der Waals surface area contributed by atoms with Gasteiger partial charge in [0.25, 0.3) is 0 Å². The molecule has 3 N–H and O–H groups in total. The van der Waals surface area contributed by atoms with Crippen LogP contribution in [0.3, 0.4) is 0 Å². The van der Waals surface area contributed by atoms with Gasteiger partial charge in [-0.2, -0.15) is 0 Å². The zero-order chi connectivity index (χ0) is 17.2. The van der Waals surface area contributed by atoms with Crippen LogP contribution in [0.5, 0.6) is 11.5 Å². The molecule has 3 aromatic rings. The lowest BCUT2D eigenvalue weighted by atomic mass is 9.94. The van der Waals surface area contributed by atoms with Crippen LogP contribution < -0.4 is 14.8 Å². The number of rotatable bonds is 5. The summed E-state index contributed by atoms with van der Waals surface area (Å²) in [5.74, 6) is 1.63. The van der Waals surface area contributed by atoms with E-state index < -0.39 is 0 Å². The van der Waals surface area contributed by atoms with Gasteiger partial charge in [-0.1, -0.05) is 25.1 Å². The van der Waals surface area contributed by atoms with E-state index in [1.165, 1.54) is 27.7 Å². The average molecular weight is 337 g/mol. The first kappa shape index (κ1) is 16.0. The van der Waals surface area contributed by atoms with Gasteiger partial charge in [0.15, 0.2) is 17.5 Å². The Morgan fingerprint density at radius 3 is 2.88 bits per heavy atom. The minimum Gasteiger partial charge on any atom is -0.493 e. The fraction of sp³-hybridized carbons (Fsp3) is 0.333. The predicted molar refractivity (Wildman–Crippen MR) is 99.4 cm³/mol. The summed E-state index contributed by atoms with van der Waals surface area (Å²) in [5, 5.41) is 3.75. The molecule has 0 radical (unpaired) electrons. The summed E-state index contributed by atoms with van der Waals surface area (Å²) in [4.78, 5) is 3.65. The van der Waals surface area contributed by atoms with E-state index in [1.807, 2.05) is 6.07 Å². The molecule has 2 aromatic carbocycles. The van der Waals surface area contributed by atoms with E-state index in [2.05, 4.69) is 53.6 Å². The third-order valence-electron chi connectivity index (χ3n) is 4.96. The van der Waals surface area contributed by atoms with Crippen LogP contribution in [0.1, 0.15) is 36.2 Å². The van der Waals surface area contributed by atoms with Crippen LogP contribution in [0.2, 0.25) is 0 Å². The summed E-state index contributed by atoms with van der Waals surface area (Å²) in [6, 6.07) is 15.2. The standard InChI is InChI=1S/C21H24N2O2/c1-3-12-25-18-9-8-14(13-19(18)24-2)20-21-16(10-11-22-20)15-6-4-5-7-17(15)23-21/h4-9,13,20,22-23H,3,10-12H2,1-2H3/p+1/t20-/m0/s1. The number of quaternary nitrogens is 1. The van der Waals surface area contributed by atoms with Crippen LogP contribution in [0, 0.1) is 0 Å². The van der Waals surface area contributed by atoms with Gasteiger partial charge >= 0.3 is 0 Å². The maximum atomic E-state index is 5.79. The van der Waals surface area contributed by atoms with E-state index in [9.17, 15) is 0 Å². The molecule has 1 aliphatic heterocycles. The first-order chi connectivity index (χ1) is 12.3. The molecule has 1 aliphatic rings. The highest BCUT2D eigenvalue weighted by Gasteiger charge is 2.29. The first-order valence-corrected chi connectivity index (χ1v) is 9.05. The van der Waals surface area contributed by atoms with E-state index in [0.717, 1.165) is 30.9 Å². The van der Waals surface area contributed by atoms with Gasteiger partial charge in [0.05, 0.1) is 26.0 Å². The molecular formula is C21H25N2O2+. The summed E-state index contributed by atoms with van der Waals surface area (Å²) in [7, 11) is 1.71. The molecule has 2 heterocycles. The Morgan fingerprint density at radius 1 is 1.16 bits per heavy atom. The molecular weight excluding hydrogens is 312 g/mol. The van der Waals surface area contributed by atoms with E-state index in [1.54, 1.807) is 7.11 Å². The second-order valence-electron chi connectivity index (χ2n) is 6.57. The van der Waals surface area contributed by atoms with Crippen LogP contribution in [0.4, 0.5) is 0 Å². The first-order valence-electron chi connectivity index (χ1n) is 9.05. The summed E-state index contributed by atoms with van der Waals surface area (Å²) < 4.78 is 11.4. The number of nitrogens with one attached hydrogen (secondary N) is 1. The van der Waals surface area contributed by atoms with Crippen molar-refractivity contribution in [2.75, 3.05) is 20.3 Å². The Balaban J connectivity index is 1.74. The lowest BCUT2D eigenvalue weighted by Crippen LogP contribution is -2.87. The molecule has 0 spiro atoms. The normalized spacial score (nSPS) is 16.6. The SMILES string of the molecule is CCCOc1ccc([C@@H]2[NH2+]CCc3c2[nH]c2ccccc32)cc1OC. The van der Waals surface area contributed by atoms with Crippen molar-refractivity contribution in [3.8, 4) is 11.5 Å². The van der Waals surface area contributed by atoms with Crippen molar-refractivity contribution < 1.29 is 14.8 Å². The smallest absolute Gasteiger partial charge is 0.161 e. The molecule has 0 fully saturated rings. The predicted octanol–water partition coefficient (Wildman–Crippen LogP) is 3.17. The van der Waals surface area contributed by atoms with Crippen LogP contribution >= 0.6 is 0 Å². The van der Waals surface area contributed by atoms with Crippen LogP contribution in [0.25, 0.3) is 10.9 Å². The summed E-state index contributed by atoms with van der Waals surface area (Å²) in [6.45, 7) is 3.91. The van der Waals surface area contributed by atoms with Gasteiger partial charge in [-0.05, 0) is 36.2 Å². The largest absolute Gasteiger partial charge is 0.493 e. The van der Waals surface area contributed by atoms with Gasteiger partial charge in [0.1, 0.15) is 0 Å². The van der Waals surface area contributed by atoms with E-state index in [0.29, 0.717) is 6.61 Å². The Kier molecular flexibility index (Phi) is 4.36. The van der Waals surface area contributed by atoms with Crippen molar-refractivity contribution in [3.05, 3.63) is 59.3 Å². The molecule has 4 heteroatoms. The van der Waals surface area contributed by atoms with Crippen LogP contribution in [-0.4, -0.2) is 25.2 Å². The van der Waals surface area contributed by atoms with E-state index >= 15 is 0 Å². The Hall–Kier alpha value is -2.46. The van der Waals surface area contributed by atoms with E-state index in [4.69, 9.17) is 9.47 Å². The molecule has 4 rings (SSSR count). The van der Waals surface area contributed by atoms with Gasteiger partial charge in [0, 0.05) is 22.9 Å².